The Hall–Kier alpha value is -1.79. The molecule has 2 atom stereocenters. The van der Waals surface area contributed by atoms with Gasteiger partial charge in [-0.05, 0) is 44.7 Å². The number of halogens is 1. The molecule has 6 heteroatoms. The lowest BCUT2D eigenvalue weighted by molar-refractivity contribution is -0.0720. The average Bonchev–Trinajstić information content (AvgIpc) is 2.62. The second kappa shape index (κ2) is 7.45. The van der Waals surface area contributed by atoms with Gasteiger partial charge in [0.15, 0.2) is 0 Å². The molecule has 0 aliphatic carbocycles. The maximum absolute atomic E-state index is 14.0. The molecule has 2 unspecified atom stereocenters. The summed E-state index contributed by atoms with van der Waals surface area (Å²) in [4.78, 5) is 13.4. The van der Waals surface area contributed by atoms with Gasteiger partial charge in [-0.15, -0.1) is 0 Å². The van der Waals surface area contributed by atoms with Crippen molar-refractivity contribution in [2.45, 2.75) is 38.9 Å². The Kier molecular flexibility index (Phi) is 5.05. The van der Waals surface area contributed by atoms with Gasteiger partial charge >= 0.3 is 0 Å². The maximum Gasteiger partial charge on any atom is 0.149 e. The highest BCUT2D eigenvalue weighted by Crippen LogP contribution is 2.29. The monoisotopic (exact) mass is 358 g/mol. The lowest BCUT2D eigenvalue weighted by Crippen LogP contribution is -2.48. The third-order valence-corrected chi connectivity index (χ3v) is 5.52. The van der Waals surface area contributed by atoms with Crippen molar-refractivity contribution in [2.75, 3.05) is 37.6 Å². The second-order valence-corrected chi connectivity index (χ2v) is 7.74. The highest BCUT2D eigenvalue weighted by atomic mass is 19.1. The number of anilines is 1. The first-order chi connectivity index (χ1) is 12.6. The largest absolute Gasteiger partial charge is 0.373 e. The molecule has 2 fully saturated rings. The zero-order chi connectivity index (χ0) is 18.1. The molecule has 5 nitrogen and oxygen atoms in total. The molecule has 0 saturated carbocycles. The van der Waals surface area contributed by atoms with Crippen LogP contribution >= 0.6 is 0 Å². The summed E-state index contributed by atoms with van der Waals surface area (Å²) in [5, 5.41) is 0.807. The van der Waals surface area contributed by atoms with Crippen LogP contribution in [0.3, 0.4) is 0 Å². The maximum atomic E-state index is 14.0. The zero-order valence-electron chi connectivity index (χ0n) is 15.6. The van der Waals surface area contributed by atoms with Crippen molar-refractivity contribution in [1.82, 2.24) is 14.9 Å². The molecule has 4 rings (SSSR count). The Morgan fingerprint density at radius 2 is 1.85 bits per heavy atom. The van der Waals surface area contributed by atoms with E-state index in [1.54, 1.807) is 6.07 Å². The van der Waals surface area contributed by atoms with Crippen molar-refractivity contribution < 1.29 is 9.13 Å². The van der Waals surface area contributed by atoms with E-state index >= 15 is 0 Å². The van der Waals surface area contributed by atoms with E-state index in [0.717, 1.165) is 56.8 Å². The summed E-state index contributed by atoms with van der Waals surface area (Å²) >= 11 is 0. The van der Waals surface area contributed by atoms with E-state index in [0.29, 0.717) is 23.6 Å². The number of hydrogen-bond acceptors (Lipinski definition) is 5. The van der Waals surface area contributed by atoms with Crippen molar-refractivity contribution in [3.8, 4) is 0 Å². The molecule has 0 N–H and O–H groups in total. The van der Waals surface area contributed by atoms with Crippen LogP contribution in [0.1, 0.15) is 26.7 Å². The third-order valence-electron chi connectivity index (χ3n) is 5.52. The fourth-order valence-electron chi connectivity index (χ4n) is 4.42. The van der Waals surface area contributed by atoms with Gasteiger partial charge in [-0.1, -0.05) is 6.07 Å². The number of hydrogen-bond donors (Lipinski definition) is 0. The predicted molar refractivity (Wildman–Crippen MR) is 101 cm³/mol. The van der Waals surface area contributed by atoms with E-state index in [1.807, 2.05) is 6.07 Å². The summed E-state index contributed by atoms with van der Waals surface area (Å²) in [6.07, 6.45) is 4.40. The molecule has 0 spiro atoms. The van der Waals surface area contributed by atoms with Gasteiger partial charge in [0.2, 0.25) is 0 Å². The topological polar surface area (TPSA) is 41.5 Å². The summed E-state index contributed by atoms with van der Waals surface area (Å²) < 4.78 is 19.8. The van der Waals surface area contributed by atoms with E-state index in [1.165, 1.54) is 12.4 Å². The number of rotatable bonds is 3. The van der Waals surface area contributed by atoms with Crippen LogP contribution in [0.2, 0.25) is 0 Å². The minimum atomic E-state index is -0.281. The van der Waals surface area contributed by atoms with Crippen molar-refractivity contribution in [3.05, 3.63) is 30.3 Å². The summed E-state index contributed by atoms with van der Waals surface area (Å²) in [5.74, 6) is 1.28. The van der Waals surface area contributed by atoms with Gasteiger partial charge in [0.1, 0.15) is 23.5 Å². The first-order valence-corrected chi connectivity index (χ1v) is 9.62. The van der Waals surface area contributed by atoms with E-state index in [9.17, 15) is 4.39 Å². The van der Waals surface area contributed by atoms with Crippen molar-refractivity contribution in [1.29, 1.82) is 0 Å². The lowest BCUT2D eigenvalue weighted by atomic mass is 9.95. The zero-order valence-corrected chi connectivity index (χ0v) is 15.6. The first kappa shape index (κ1) is 17.6. The third kappa shape index (κ3) is 3.67. The van der Waals surface area contributed by atoms with Crippen molar-refractivity contribution in [3.63, 3.8) is 0 Å². The van der Waals surface area contributed by atoms with Crippen LogP contribution in [0, 0.1) is 11.7 Å². The SMILES string of the molecule is CC1CN(CC2CCN(c3ncnc4c(F)cccc34)CC2)CC(C)O1. The summed E-state index contributed by atoms with van der Waals surface area (Å²) in [5.41, 5.74) is 0.413. The van der Waals surface area contributed by atoms with Gasteiger partial charge in [0.25, 0.3) is 0 Å². The molecule has 0 radical (unpaired) electrons. The van der Waals surface area contributed by atoms with Crippen LogP contribution in [-0.4, -0.2) is 59.8 Å². The molecule has 140 valence electrons. The Labute approximate surface area is 154 Å². The minimum Gasteiger partial charge on any atom is -0.373 e. The number of para-hydroxylation sites is 1. The first-order valence-electron chi connectivity index (χ1n) is 9.62. The number of morpholine rings is 1. The van der Waals surface area contributed by atoms with Crippen LogP contribution in [0.5, 0.6) is 0 Å². The fraction of sp³-hybridized carbons (Fsp3) is 0.600. The Bertz CT molecular complexity index is 753. The van der Waals surface area contributed by atoms with Gasteiger partial charge < -0.3 is 9.64 Å². The van der Waals surface area contributed by atoms with E-state index < -0.39 is 0 Å². The van der Waals surface area contributed by atoms with Crippen molar-refractivity contribution in [2.24, 2.45) is 5.92 Å². The normalized spacial score (nSPS) is 25.7. The number of nitrogens with zero attached hydrogens (tertiary/aromatic N) is 4. The average molecular weight is 358 g/mol. The van der Waals surface area contributed by atoms with Gasteiger partial charge in [0, 0.05) is 38.1 Å². The van der Waals surface area contributed by atoms with Gasteiger partial charge in [-0.3, -0.25) is 4.90 Å². The molecular weight excluding hydrogens is 331 g/mol. The number of fused-ring (bicyclic) bond motifs is 1. The number of aromatic nitrogens is 2. The Balaban J connectivity index is 1.40. The highest BCUT2D eigenvalue weighted by Gasteiger charge is 2.27. The molecule has 2 aromatic rings. The van der Waals surface area contributed by atoms with Crippen LogP contribution < -0.4 is 4.90 Å². The molecule has 2 aliphatic rings. The number of benzene rings is 1. The van der Waals surface area contributed by atoms with Crippen molar-refractivity contribution >= 4 is 16.7 Å². The summed E-state index contributed by atoms with van der Waals surface area (Å²) in [6, 6.07) is 5.10. The fourth-order valence-corrected chi connectivity index (χ4v) is 4.42. The molecule has 3 heterocycles. The molecule has 2 aliphatic heterocycles. The van der Waals surface area contributed by atoms with Crippen LogP contribution in [0.15, 0.2) is 24.5 Å². The molecule has 0 bridgehead atoms. The van der Waals surface area contributed by atoms with Crippen LogP contribution in [-0.2, 0) is 4.74 Å². The quantitative estimate of drug-likeness (QED) is 0.843. The Morgan fingerprint density at radius 1 is 1.12 bits per heavy atom. The predicted octanol–water partition coefficient (Wildman–Crippen LogP) is 3.09. The van der Waals surface area contributed by atoms with Gasteiger partial charge in [0.05, 0.1) is 12.2 Å². The molecule has 26 heavy (non-hydrogen) atoms. The molecular formula is C20H27FN4O. The highest BCUT2D eigenvalue weighted by molar-refractivity contribution is 5.89. The number of ether oxygens (including phenoxy) is 1. The minimum absolute atomic E-state index is 0.281. The van der Waals surface area contributed by atoms with Gasteiger partial charge in [-0.2, -0.15) is 0 Å². The number of piperidine rings is 1. The molecule has 1 aromatic heterocycles. The van der Waals surface area contributed by atoms with E-state index in [-0.39, 0.29) is 5.82 Å². The summed E-state index contributed by atoms with van der Waals surface area (Å²) in [6.45, 7) is 9.44. The smallest absolute Gasteiger partial charge is 0.149 e. The summed E-state index contributed by atoms with van der Waals surface area (Å²) in [7, 11) is 0. The van der Waals surface area contributed by atoms with E-state index in [4.69, 9.17) is 4.74 Å². The molecule has 0 amide bonds. The Morgan fingerprint density at radius 3 is 2.58 bits per heavy atom. The van der Waals surface area contributed by atoms with E-state index in [2.05, 4.69) is 33.6 Å². The standard InChI is InChI=1S/C20H27FN4O/c1-14-10-24(11-15(2)26-14)12-16-6-8-25(9-7-16)20-17-4-3-5-18(21)19(17)22-13-23-20/h3-5,13-16H,6-12H2,1-2H3. The second-order valence-electron chi connectivity index (χ2n) is 7.74. The molecule has 2 saturated heterocycles. The van der Waals surface area contributed by atoms with Crippen LogP contribution in [0.4, 0.5) is 10.2 Å². The van der Waals surface area contributed by atoms with Crippen LogP contribution in [0.25, 0.3) is 10.9 Å². The lowest BCUT2D eigenvalue weighted by Gasteiger charge is -2.39. The molecule has 1 aromatic carbocycles. The van der Waals surface area contributed by atoms with Gasteiger partial charge in [-0.25, -0.2) is 14.4 Å².